The first kappa shape index (κ1) is 14.3. The van der Waals surface area contributed by atoms with E-state index in [1.165, 1.54) is 5.56 Å². The van der Waals surface area contributed by atoms with Crippen LogP contribution in [-0.4, -0.2) is 5.11 Å². The van der Waals surface area contributed by atoms with Crippen molar-refractivity contribution in [1.29, 1.82) is 0 Å². The Morgan fingerprint density at radius 2 is 2.19 bits per heavy atom. The highest BCUT2D eigenvalue weighted by atomic mass is 32.2. The molecule has 1 aliphatic heterocycles. The Labute approximate surface area is 128 Å². The molecule has 0 fully saturated rings. The van der Waals surface area contributed by atoms with Crippen molar-refractivity contribution < 1.29 is 9.52 Å². The highest BCUT2D eigenvalue weighted by molar-refractivity contribution is 7.98. The van der Waals surface area contributed by atoms with E-state index in [-0.39, 0.29) is 5.75 Å². The van der Waals surface area contributed by atoms with Crippen molar-refractivity contribution in [3.8, 4) is 17.1 Å². The predicted molar refractivity (Wildman–Crippen MR) is 85.0 cm³/mol. The fraction of sp³-hybridized carbons (Fsp3) is 0.353. The molecule has 4 heteroatoms. The molecule has 0 spiro atoms. The zero-order chi connectivity index (χ0) is 15.0. The number of rotatable bonds is 3. The third kappa shape index (κ3) is 2.48. The van der Waals surface area contributed by atoms with E-state index in [1.807, 2.05) is 0 Å². The third-order valence-electron chi connectivity index (χ3n) is 3.90. The monoisotopic (exact) mass is 302 g/mol. The Kier molecular flexibility index (Phi) is 3.81. The molecule has 0 unspecified atom stereocenters. The minimum Gasteiger partial charge on any atom is -0.507 e. The molecule has 0 saturated heterocycles. The lowest BCUT2D eigenvalue weighted by Gasteiger charge is -2.20. The van der Waals surface area contributed by atoms with Gasteiger partial charge in [-0.05, 0) is 37.5 Å². The number of hydrogen-bond donors (Lipinski definition) is 1. The molecule has 1 N–H and O–H groups in total. The van der Waals surface area contributed by atoms with Gasteiger partial charge in [-0.1, -0.05) is 19.4 Å². The standard InChI is InChI=1S/C17H18O3S/c1-3-4-5-11-6-7-14-12(8-11)16-13(9-21-14)15(18)10(2)17(19)20-16/h6-8,18H,3-5,9H2,1-2H3. The van der Waals surface area contributed by atoms with Gasteiger partial charge >= 0.3 is 5.63 Å². The van der Waals surface area contributed by atoms with E-state index in [0.717, 1.165) is 35.3 Å². The van der Waals surface area contributed by atoms with Crippen LogP contribution in [0.15, 0.2) is 32.3 Å². The lowest BCUT2D eigenvalue weighted by atomic mass is 10.0. The summed E-state index contributed by atoms with van der Waals surface area (Å²) in [7, 11) is 0. The van der Waals surface area contributed by atoms with E-state index in [9.17, 15) is 9.90 Å². The maximum Gasteiger partial charge on any atom is 0.342 e. The molecule has 3 rings (SSSR count). The summed E-state index contributed by atoms with van der Waals surface area (Å²) < 4.78 is 5.47. The first-order chi connectivity index (χ1) is 10.1. The molecule has 0 radical (unpaired) electrons. The van der Waals surface area contributed by atoms with Gasteiger partial charge in [0.2, 0.25) is 0 Å². The van der Waals surface area contributed by atoms with Crippen LogP contribution < -0.4 is 5.63 Å². The maximum atomic E-state index is 11.8. The van der Waals surface area contributed by atoms with Gasteiger partial charge in [-0.3, -0.25) is 0 Å². The van der Waals surface area contributed by atoms with Gasteiger partial charge in [-0.15, -0.1) is 11.8 Å². The van der Waals surface area contributed by atoms with Crippen LogP contribution >= 0.6 is 11.8 Å². The second kappa shape index (κ2) is 5.60. The predicted octanol–water partition coefficient (Wildman–Crippen LogP) is 4.27. The molecule has 21 heavy (non-hydrogen) atoms. The lowest BCUT2D eigenvalue weighted by molar-refractivity contribution is 0.438. The van der Waals surface area contributed by atoms with Crippen molar-refractivity contribution in [2.24, 2.45) is 0 Å². The van der Waals surface area contributed by atoms with Gasteiger partial charge in [-0.25, -0.2) is 4.79 Å². The summed E-state index contributed by atoms with van der Waals surface area (Å²) in [6.45, 7) is 3.77. The van der Waals surface area contributed by atoms with Crippen LogP contribution in [0.25, 0.3) is 11.3 Å². The minimum atomic E-state index is -0.455. The number of aromatic hydroxyl groups is 1. The Morgan fingerprint density at radius 1 is 1.38 bits per heavy atom. The fourth-order valence-electron chi connectivity index (χ4n) is 2.58. The largest absolute Gasteiger partial charge is 0.507 e. The Balaban J connectivity index is 2.14. The van der Waals surface area contributed by atoms with Crippen LogP contribution in [0.4, 0.5) is 0 Å². The summed E-state index contributed by atoms with van der Waals surface area (Å²) in [6, 6.07) is 6.32. The molecule has 0 aliphatic carbocycles. The molecular weight excluding hydrogens is 284 g/mol. The number of fused-ring (bicyclic) bond motifs is 3. The zero-order valence-corrected chi connectivity index (χ0v) is 13.0. The van der Waals surface area contributed by atoms with Gasteiger partial charge in [-0.2, -0.15) is 0 Å². The van der Waals surface area contributed by atoms with Gasteiger partial charge in [0.1, 0.15) is 11.5 Å². The van der Waals surface area contributed by atoms with Gasteiger partial charge in [0.05, 0.1) is 5.56 Å². The molecule has 1 aromatic carbocycles. The van der Waals surface area contributed by atoms with E-state index in [4.69, 9.17) is 4.42 Å². The van der Waals surface area contributed by atoms with Gasteiger partial charge in [0.15, 0.2) is 0 Å². The molecule has 2 aromatic rings. The van der Waals surface area contributed by atoms with Gasteiger partial charge in [0, 0.05) is 21.8 Å². The quantitative estimate of drug-likeness (QED) is 0.920. The number of thioether (sulfide) groups is 1. The maximum absolute atomic E-state index is 11.8. The van der Waals surface area contributed by atoms with Crippen LogP contribution in [0.2, 0.25) is 0 Å². The summed E-state index contributed by atoms with van der Waals surface area (Å²) in [4.78, 5) is 13.0. The van der Waals surface area contributed by atoms with Crippen molar-refractivity contribution >= 4 is 11.8 Å². The highest BCUT2D eigenvalue weighted by Gasteiger charge is 2.24. The van der Waals surface area contributed by atoms with Crippen molar-refractivity contribution in [3.63, 3.8) is 0 Å². The smallest absolute Gasteiger partial charge is 0.342 e. The van der Waals surface area contributed by atoms with Crippen molar-refractivity contribution in [1.82, 2.24) is 0 Å². The average molecular weight is 302 g/mol. The van der Waals surface area contributed by atoms with Crippen LogP contribution in [0, 0.1) is 6.92 Å². The molecule has 110 valence electrons. The van der Waals surface area contributed by atoms with Crippen molar-refractivity contribution in [3.05, 3.63) is 45.3 Å². The molecular formula is C17H18O3S. The molecule has 0 amide bonds. The topological polar surface area (TPSA) is 50.4 Å². The van der Waals surface area contributed by atoms with E-state index in [2.05, 4.69) is 25.1 Å². The van der Waals surface area contributed by atoms with Crippen molar-refractivity contribution in [2.45, 2.75) is 43.8 Å². The number of aryl methyl sites for hydroxylation is 1. The highest BCUT2D eigenvalue weighted by Crippen LogP contribution is 2.44. The van der Waals surface area contributed by atoms with Gasteiger partial charge < -0.3 is 9.52 Å². The summed E-state index contributed by atoms with van der Waals surface area (Å²) in [5.41, 5.74) is 2.74. The molecule has 2 heterocycles. The first-order valence-corrected chi connectivity index (χ1v) is 8.22. The minimum absolute atomic E-state index is 0.0818. The van der Waals surface area contributed by atoms with Gasteiger partial charge in [0.25, 0.3) is 0 Å². The average Bonchev–Trinajstić information content (AvgIpc) is 2.50. The Morgan fingerprint density at radius 3 is 2.95 bits per heavy atom. The van der Waals surface area contributed by atoms with E-state index in [0.29, 0.717) is 17.1 Å². The SMILES string of the molecule is CCCCc1ccc2c(c1)-c1oc(=O)c(C)c(O)c1CS2. The molecule has 1 aromatic heterocycles. The van der Waals surface area contributed by atoms with Crippen LogP contribution in [0.3, 0.4) is 0 Å². The summed E-state index contributed by atoms with van der Waals surface area (Å²) >= 11 is 1.67. The van der Waals surface area contributed by atoms with E-state index < -0.39 is 5.63 Å². The third-order valence-corrected chi connectivity index (χ3v) is 5.00. The molecule has 0 bridgehead atoms. The molecule has 0 saturated carbocycles. The number of benzene rings is 1. The summed E-state index contributed by atoms with van der Waals surface area (Å²) in [5, 5.41) is 10.2. The number of hydrogen-bond acceptors (Lipinski definition) is 4. The molecule has 1 aliphatic rings. The molecule has 0 atom stereocenters. The first-order valence-electron chi connectivity index (χ1n) is 7.23. The zero-order valence-electron chi connectivity index (χ0n) is 12.2. The van der Waals surface area contributed by atoms with Crippen molar-refractivity contribution in [2.75, 3.05) is 0 Å². The fourth-order valence-corrected chi connectivity index (χ4v) is 3.62. The second-order valence-electron chi connectivity index (χ2n) is 5.39. The Hall–Kier alpha value is -1.68. The second-order valence-corrected chi connectivity index (χ2v) is 6.41. The van der Waals surface area contributed by atoms with E-state index >= 15 is 0 Å². The van der Waals surface area contributed by atoms with E-state index in [1.54, 1.807) is 18.7 Å². The normalized spacial score (nSPS) is 12.9. The summed E-state index contributed by atoms with van der Waals surface area (Å²) in [6.07, 6.45) is 3.31. The molecule has 3 nitrogen and oxygen atoms in total. The van der Waals surface area contributed by atoms with Crippen LogP contribution in [-0.2, 0) is 12.2 Å². The number of unbranched alkanes of at least 4 members (excludes halogenated alkanes) is 1. The Bertz CT molecular complexity index is 746. The van der Waals surface area contributed by atoms with Crippen LogP contribution in [0.1, 0.15) is 36.5 Å². The summed E-state index contributed by atoms with van der Waals surface area (Å²) in [5.74, 6) is 1.25. The lowest BCUT2D eigenvalue weighted by Crippen LogP contribution is -2.09. The van der Waals surface area contributed by atoms with Crippen LogP contribution in [0.5, 0.6) is 5.75 Å².